The Morgan fingerprint density at radius 1 is 1.18 bits per heavy atom. The Kier molecular flexibility index (Phi) is 3.96. The maximum Gasteiger partial charge on any atom is -0.0388 e. The molecule has 0 spiro atoms. The second kappa shape index (κ2) is 4.79. The van der Waals surface area contributed by atoms with Crippen molar-refractivity contribution in [3.63, 3.8) is 0 Å². The molecule has 1 saturated carbocycles. The van der Waals surface area contributed by atoms with Gasteiger partial charge in [-0.15, -0.1) is 0 Å². The van der Waals surface area contributed by atoms with Crippen LogP contribution in [0.4, 0.5) is 0 Å². The maximum absolute atomic E-state index is 2.44. The molecule has 0 heterocycles. The molecule has 11 heavy (non-hydrogen) atoms. The van der Waals surface area contributed by atoms with Crippen molar-refractivity contribution in [1.29, 1.82) is 0 Å². The molecule has 0 nitrogen and oxygen atoms in total. The monoisotopic (exact) mass is 154 g/mol. The molecule has 1 aliphatic rings. The van der Waals surface area contributed by atoms with Crippen LogP contribution in [0.15, 0.2) is 0 Å². The van der Waals surface area contributed by atoms with Gasteiger partial charge >= 0.3 is 0 Å². The lowest BCUT2D eigenvalue weighted by Gasteiger charge is -2.28. The van der Waals surface area contributed by atoms with E-state index < -0.39 is 0 Å². The molecule has 0 aromatic heterocycles. The second-order valence-corrected chi connectivity index (χ2v) is 4.16. The first kappa shape index (κ1) is 9.09. The predicted molar refractivity (Wildman–Crippen MR) is 50.6 cm³/mol. The van der Waals surface area contributed by atoms with Crippen molar-refractivity contribution in [1.82, 2.24) is 0 Å². The van der Waals surface area contributed by atoms with Crippen molar-refractivity contribution in [2.24, 2.45) is 11.8 Å². The first-order chi connectivity index (χ1) is 5.34. The fraction of sp³-hybridized carbons (Fsp3) is 1.00. The average molecular weight is 154 g/mol. The molecule has 1 rings (SSSR count). The molecule has 0 aliphatic heterocycles. The van der Waals surface area contributed by atoms with Crippen LogP contribution in [0.2, 0.25) is 0 Å². The smallest absolute Gasteiger partial charge is 0.0388 e. The summed E-state index contributed by atoms with van der Waals surface area (Å²) in [6.45, 7) is 4.74. The molecular weight excluding hydrogens is 132 g/mol. The van der Waals surface area contributed by atoms with Crippen molar-refractivity contribution in [3.05, 3.63) is 0 Å². The molecular formula is C11H22. The quantitative estimate of drug-likeness (QED) is 0.576. The largest absolute Gasteiger partial charge is 0.0654 e. The van der Waals surface area contributed by atoms with Crippen LogP contribution in [0.1, 0.15) is 58.8 Å². The van der Waals surface area contributed by atoms with E-state index in [0.29, 0.717) is 0 Å². The molecule has 0 amide bonds. The molecule has 66 valence electrons. The van der Waals surface area contributed by atoms with Gasteiger partial charge in [-0.3, -0.25) is 0 Å². The maximum atomic E-state index is 2.44. The van der Waals surface area contributed by atoms with Gasteiger partial charge in [-0.1, -0.05) is 58.8 Å². The third-order valence-corrected chi connectivity index (χ3v) is 3.22. The van der Waals surface area contributed by atoms with Crippen molar-refractivity contribution in [3.8, 4) is 0 Å². The van der Waals surface area contributed by atoms with E-state index >= 15 is 0 Å². The van der Waals surface area contributed by atoms with E-state index in [0.717, 1.165) is 11.8 Å². The Hall–Kier alpha value is 0. The molecule has 2 atom stereocenters. The summed E-state index contributed by atoms with van der Waals surface area (Å²) in [6, 6.07) is 0. The van der Waals surface area contributed by atoms with Crippen molar-refractivity contribution in [2.75, 3.05) is 0 Å². The first-order valence-corrected chi connectivity index (χ1v) is 5.34. The fourth-order valence-corrected chi connectivity index (χ4v) is 2.29. The topological polar surface area (TPSA) is 0 Å². The molecule has 0 saturated heterocycles. The Bertz CT molecular complexity index is 96.2. The Balaban J connectivity index is 2.18. The van der Waals surface area contributed by atoms with Crippen molar-refractivity contribution < 1.29 is 0 Å². The van der Waals surface area contributed by atoms with E-state index in [1.54, 1.807) is 0 Å². The lowest BCUT2D eigenvalue weighted by Crippen LogP contribution is -2.16. The Labute approximate surface area is 71.4 Å². The molecule has 0 N–H and O–H groups in total. The van der Waals surface area contributed by atoms with Crippen LogP contribution in [0.5, 0.6) is 0 Å². The summed E-state index contributed by atoms with van der Waals surface area (Å²) in [5.74, 6) is 2.10. The lowest BCUT2D eigenvalue weighted by molar-refractivity contribution is 0.237. The molecule has 0 aromatic rings. The highest BCUT2D eigenvalue weighted by Gasteiger charge is 2.19. The van der Waals surface area contributed by atoms with Crippen LogP contribution in [-0.4, -0.2) is 0 Å². The Morgan fingerprint density at radius 3 is 2.55 bits per heavy atom. The van der Waals surface area contributed by atoms with Gasteiger partial charge in [0.25, 0.3) is 0 Å². The van der Waals surface area contributed by atoms with Crippen LogP contribution in [-0.2, 0) is 0 Å². The zero-order valence-corrected chi connectivity index (χ0v) is 8.10. The van der Waals surface area contributed by atoms with Gasteiger partial charge in [0.2, 0.25) is 0 Å². The van der Waals surface area contributed by atoms with Crippen LogP contribution < -0.4 is 0 Å². The van der Waals surface area contributed by atoms with E-state index in [9.17, 15) is 0 Å². The molecule has 1 fully saturated rings. The Morgan fingerprint density at radius 2 is 1.91 bits per heavy atom. The third kappa shape index (κ3) is 2.84. The van der Waals surface area contributed by atoms with Gasteiger partial charge in [-0.05, 0) is 11.8 Å². The summed E-state index contributed by atoms with van der Waals surface area (Å²) in [4.78, 5) is 0. The third-order valence-electron chi connectivity index (χ3n) is 3.22. The van der Waals surface area contributed by atoms with E-state index in [1.807, 2.05) is 0 Å². The van der Waals surface area contributed by atoms with Crippen LogP contribution in [0.25, 0.3) is 0 Å². The average Bonchev–Trinajstić information content (AvgIpc) is 2.03. The molecule has 0 heteroatoms. The van der Waals surface area contributed by atoms with E-state index in [-0.39, 0.29) is 0 Å². The molecule has 0 bridgehead atoms. The number of hydrogen-bond donors (Lipinski definition) is 0. The lowest BCUT2D eigenvalue weighted by atomic mass is 9.78. The van der Waals surface area contributed by atoms with E-state index in [1.165, 1.54) is 44.9 Å². The summed E-state index contributed by atoms with van der Waals surface area (Å²) in [7, 11) is 0. The molecule has 0 radical (unpaired) electrons. The normalized spacial score (nSPS) is 32.2. The van der Waals surface area contributed by atoms with Crippen LogP contribution in [0.3, 0.4) is 0 Å². The van der Waals surface area contributed by atoms with Crippen molar-refractivity contribution >= 4 is 0 Å². The summed E-state index contributed by atoms with van der Waals surface area (Å²) >= 11 is 0. The van der Waals surface area contributed by atoms with Gasteiger partial charge in [0.15, 0.2) is 0 Å². The zero-order valence-electron chi connectivity index (χ0n) is 8.10. The fourth-order valence-electron chi connectivity index (χ4n) is 2.29. The number of rotatable bonds is 3. The molecule has 1 aliphatic carbocycles. The highest BCUT2D eigenvalue weighted by atomic mass is 14.3. The van der Waals surface area contributed by atoms with Gasteiger partial charge in [0.1, 0.15) is 0 Å². The highest BCUT2D eigenvalue weighted by molar-refractivity contribution is 4.71. The van der Waals surface area contributed by atoms with E-state index in [2.05, 4.69) is 13.8 Å². The summed E-state index contributed by atoms with van der Waals surface area (Å²) in [5.41, 5.74) is 0. The minimum absolute atomic E-state index is 1.02. The number of unbranched alkanes of at least 4 members (excludes halogenated alkanes) is 1. The highest BCUT2D eigenvalue weighted by Crippen LogP contribution is 2.32. The molecule has 1 unspecified atom stereocenters. The zero-order chi connectivity index (χ0) is 8.10. The van der Waals surface area contributed by atoms with E-state index in [4.69, 9.17) is 0 Å². The van der Waals surface area contributed by atoms with Crippen molar-refractivity contribution in [2.45, 2.75) is 58.8 Å². The minimum atomic E-state index is 1.02. The van der Waals surface area contributed by atoms with Gasteiger partial charge in [-0.2, -0.15) is 0 Å². The summed E-state index contributed by atoms with van der Waals surface area (Å²) in [5, 5.41) is 0. The van der Waals surface area contributed by atoms with Crippen LogP contribution in [0, 0.1) is 11.8 Å². The molecule has 0 aromatic carbocycles. The second-order valence-electron chi connectivity index (χ2n) is 4.16. The van der Waals surface area contributed by atoms with Gasteiger partial charge in [0, 0.05) is 0 Å². The minimum Gasteiger partial charge on any atom is -0.0654 e. The van der Waals surface area contributed by atoms with Gasteiger partial charge in [-0.25, -0.2) is 0 Å². The van der Waals surface area contributed by atoms with Crippen LogP contribution >= 0.6 is 0 Å². The number of hydrogen-bond acceptors (Lipinski definition) is 0. The first-order valence-electron chi connectivity index (χ1n) is 5.34. The predicted octanol–water partition coefficient (Wildman–Crippen LogP) is 4.00. The SMILES string of the molecule is CCCC[C@H]1CCCCC1C. The standard InChI is InChI=1S/C11H22/c1-3-4-8-11-9-6-5-7-10(11)2/h10-11H,3-9H2,1-2H3/t10?,11-/m0/s1. The van der Waals surface area contributed by atoms with Gasteiger partial charge < -0.3 is 0 Å². The summed E-state index contributed by atoms with van der Waals surface area (Å²) in [6.07, 6.45) is 10.3. The summed E-state index contributed by atoms with van der Waals surface area (Å²) < 4.78 is 0. The van der Waals surface area contributed by atoms with Gasteiger partial charge in [0.05, 0.1) is 0 Å².